The van der Waals surface area contributed by atoms with Crippen LogP contribution in [0.4, 0.5) is 15.9 Å². The number of anilines is 3. The van der Waals surface area contributed by atoms with Crippen LogP contribution in [-0.4, -0.2) is 41.0 Å². The van der Waals surface area contributed by atoms with E-state index in [4.69, 9.17) is 0 Å². The molecule has 0 fully saturated rings. The molecule has 0 saturated heterocycles. The van der Waals surface area contributed by atoms with E-state index in [0.29, 0.717) is 16.7 Å². The van der Waals surface area contributed by atoms with E-state index in [9.17, 15) is 9.59 Å². The molecule has 0 radical (unpaired) electrons. The van der Waals surface area contributed by atoms with Gasteiger partial charge in [-0.15, -0.1) is 0 Å². The summed E-state index contributed by atoms with van der Waals surface area (Å²) in [7, 11) is 0. The van der Waals surface area contributed by atoms with Gasteiger partial charge >= 0.3 is 211 Å². The van der Waals surface area contributed by atoms with Crippen molar-refractivity contribution < 1.29 is 9.59 Å². The zero-order valence-electron chi connectivity index (χ0n) is 18.6. The van der Waals surface area contributed by atoms with Gasteiger partial charge in [0, 0.05) is 0 Å². The number of ketones is 2. The number of nitrogens with zero attached hydrogens (tertiary/aromatic N) is 1. The number of fused-ring (bicyclic) bond motifs is 5. The molecule has 0 N–H and O–H groups in total. The molecule has 164 valence electrons. The molecule has 0 bridgehead atoms. The van der Waals surface area contributed by atoms with E-state index in [2.05, 4.69) is 67.3 Å². The molecular formula is C29H19NO2Se2. The molecule has 3 nitrogen and oxygen atoms in total. The van der Waals surface area contributed by atoms with Crippen LogP contribution in [-0.2, 0) is 5.41 Å². The number of carbonyl (C=O) groups is 2. The fraction of sp³-hybridized carbons (Fsp3) is 0.103. The summed E-state index contributed by atoms with van der Waals surface area (Å²) in [6.07, 6.45) is 1.87. The maximum atomic E-state index is 13.0. The zero-order valence-corrected chi connectivity index (χ0v) is 22.0. The summed E-state index contributed by atoms with van der Waals surface area (Å²) in [5, 5.41) is 0. The summed E-state index contributed by atoms with van der Waals surface area (Å²) in [6, 6.07) is 24.8. The van der Waals surface area contributed by atoms with Crippen LogP contribution in [0.3, 0.4) is 0 Å². The second kappa shape index (κ2) is 7.04. The number of rotatable bonds is 1. The molecule has 3 heterocycles. The van der Waals surface area contributed by atoms with E-state index in [0.717, 1.165) is 4.44 Å². The van der Waals surface area contributed by atoms with E-state index < -0.39 is 0 Å². The molecule has 0 atom stereocenters. The molecule has 0 unspecified atom stereocenters. The van der Waals surface area contributed by atoms with Crippen molar-refractivity contribution in [2.45, 2.75) is 19.3 Å². The van der Waals surface area contributed by atoms with Crippen LogP contribution >= 0.6 is 0 Å². The Balaban J connectivity index is 1.44. The average Bonchev–Trinajstić information content (AvgIpc) is 3.38. The van der Waals surface area contributed by atoms with Crippen molar-refractivity contribution in [3.05, 3.63) is 105 Å². The van der Waals surface area contributed by atoms with Crippen LogP contribution in [0.1, 0.15) is 50.1 Å². The van der Waals surface area contributed by atoms with Crippen LogP contribution in [0.15, 0.2) is 78.4 Å². The van der Waals surface area contributed by atoms with Crippen LogP contribution in [0.2, 0.25) is 0 Å². The molecule has 0 spiro atoms. The maximum absolute atomic E-state index is 13.0. The first-order chi connectivity index (χ1) is 16.4. The number of carbonyl (C=O) groups excluding carboxylic acids is 2. The Labute approximate surface area is 210 Å². The molecule has 0 amide bonds. The summed E-state index contributed by atoms with van der Waals surface area (Å²) in [5.74, 6) is -0.309. The van der Waals surface area contributed by atoms with E-state index in [-0.39, 0.29) is 46.4 Å². The SMILES string of the molecule is CC1(C)c2cc(C=C3C(=O)c4ccccc4C3=O)[se]c2N2c3ccccc3[Se]c3cccc1c32. The van der Waals surface area contributed by atoms with Gasteiger partial charge in [-0.05, 0) is 0 Å². The van der Waals surface area contributed by atoms with Crippen LogP contribution < -0.4 is 13.8 Å². The Kier molecular flexibility index (Phi) is 4.23. The Morgan fingerprint density at radius 1 is 0.794 bits per heavy atom. The number of allylic oxidation sites excluding steroid dienone is 1. The van der Waals surface area contributed by atoms with Gasteiger partial charge in [-0.3, -0.25) is 0 Å². The van der Waals surface area contributed by atoms with Gasteiger partial charge in [-0.2, -0.15) is 0 Å². The molecule has 4 aromatic rings. The molecular weight excluding hydrogens is 552 g/mol. The van der Waals surface area contributed by atoms with Crippen molar-refractivity contribution in [3.8, 4) is 0 Å². The topological polar surface area (TPSA) is 37.4 Å². The predicted octanol–water partition coefficient (Wildman–Crippen LogP) is 4.28. The van der Waals surface area contributed by atoms with Crippen molar-refractivity contribution in [3.63, 3.8) is 0 Å². The predicted molar refractivity (Wildman–Crippen MR) is 138 cm³/mol. The molecule has 1 aromatic heterocycles. The van der Waals surface area contributed by atoms with Crippen molar-refractivity contribution in [2.24, 2.45) is 0 Å². The molecule has 2 aliphatic heterocycles. The fourth-order valence-corrected chi connectivity index (χ4v) is 10.3. The van der Waals surface area contributed by atoms with E-state index in [1.807, 2.05) is 18.2 Å². The molecule has 3 aromatic carbocycles. The Morgan fingerprint density at radius 2 is 1.47 bits per heavy atom. The number of Topliss-reactive ketones (excluding diaryl/α,β-unsaturated/α-hetero) is 2. The zero-order chi connectivity index (χ0) is 23.2. The van der Waals surface area contributed by atoms with Crippen molar-refractivity contribution in [2.75, 3.05) is 4.90 Å². The Hall–Kier alpha value is -2.94. The molecule has 0 saturated carbocycles. The normalized spacial score (nSPS) is 16.6. The van der Waals surface area contributed by atoms with Crippen LogP contribution in [0.5, 0.6) is 0 Å². The standard InChI is InChI=1S/C29H19NO2Se2/c1-29(2)20-10-7-13-24-25(20)30(22-11-5-6-12-23(22)34-24)28-21(29)15-16(33-28)14-19-26(31)17-8-3-4-9-18(17)27(19)32/h3-15H,1-2H3. The molecule has 1 aliphatic carbocycles. The molecule has 5 heteroatoms. The molecule has 3 aliphatic rings. The van der Waals surface area contributed by atoms with E-state index in [1.165, 1.54) is 36.0 Å². The summed E-state index contributed by atoms with van der Waals surface area (Å²) in [4.78, 5) is 28.5. The van der Waals surface area contributed by atoms with Gasteiger partial charge in [0.25, 0.3) is 0 Å². The van der Waals surface area contributed by atoms with Crippen molar-refractivity contribution >= 4 is 72.0 Å². The number of hydrogen-bond acceptors (Lipinski definition) is 3. The summed E-state index contributed by atoms with van der Waals surface area (Å²) < 4.78 is 5.22. The van der Waals surface area contributed by atoms with Crippen LogP contribution in [0.25, 0.3) is 6.08 Å². The monoisotopic (exact) mass is 573 g/mol. The van der Waals surface area contributed by atoms with Gasteiger partial charge in [0.15, 0.2) is 0 Å². The Morgan fingerprint density at radius 3 is 2.24 bits per heavy atom. The third-order valence-electron chi connectivity index (χ3n) is 7.02. The third-order valence-corrected chi connectivity index (χ3v) is 11.6. The summed E-state index contributed by atoms with van der Waals surface area (Å²) in [5.41, 5.74) is 6.45. The molecule has 34 heavy (non-hydrogen) atoms. The quantitative estimate of drug-likeness (QED) is 0.171. The van der Waals surface area contributed by atoms with E-state index >= 15 is 0 Å². The minimum atomic E-state index is -0.155. The second-order valence-corrected chi connectivity index (χ2v) is 13.8. The van der Waals surface area contributed by atoms with Gasteiger partial charge in [-0.25, -0.2) is 0 Å². The summed E-state index contributed by atoms with van der Waals surface area (Å²) in [6.45, 7) is 4.60. The summed E-state index contributed by atoms with van der Waals surface area (Å²) >= 11 is 0.252. The fourth-order valence-electron chi connectivity index (χ4n) is 5.29. The van der Waals surface area contributed by atoms with Crippen LogP contribution in [0, 0.1) is 0 Å². The van der Waals surface area contributed by atoms with Gasteiger partial charge in [-0.1, -0.05) is 0 Å². The van der Waals surface area contributed by atoms with Gasteiger partial charge in [0.05, 0.1) is 0 Å². The van der Waals surface area contributed by atoms with Crippen molar-refractivity contribution in [1.82, 2.24) is 0 Å². The van der Waals surface area contributed by atoms with Crippen molar-refractivity contribution in [1.29, 1.82) is 0 Å². The average molecular weight is 571 g/mol. The van der Waals surface area contributed by atoms with Gasteiger partial charge in [0.2, 0.25) is 0 Å². The second-order valence-electron chi connectivity index (χ2n) is 9.31. The van der Waals surface area contributed by atoms with Gasteiger partial charge in [0.1, 0.15) is 0 Å². The van der Waals surface area contributed by atoms with E-state index in [1.54, 1.807) is 12.1 Å². The first-order valence-electron chi connectivity index (χ1n) is 11.2. The first kappa shape index (κ1) is 20.4. The van der Waals surface area contributed by atoms with Gasteiger partial charge < -0.3 is 0 Å². The number of benzene rings is 3. The number of para-hydroxylation sites is 2. The molecule has 7 rings (SSSR count). The Bertz CT molecular complexity index is 1570. The third kappa shape index (κ3) is 2.64. The first-order valence-corrected chi connectivity index (χ1v) is 14.6. The minimum absolute atomic E-state index is 0.0167. The number of hydrogen-bond donors (Lipinski definition) is 0.